The summed E-state index contributed by atoms with van der Waals surface area (Å²) in [4.78, 5) is 0. The molecule has 1 fully saturated rings. The van der Waals surface area contributed by atoms with Gasteiger partial charge in [0.25, 0.3) is 0 Å². The number of benzene rings is 1. The molecule has 3 unspecified atom stereocenters. The van der Waals surface area contributed by atoms with Crippen molar-refractivity contribution in [3.63, 3.8) is 0 Å². The first-order chi connectivity index (χ1) is 10.2. The lowest BCUT2D eigenvalue weighted by molar-refractivity contribution is 0.225. The zero-order valence-electron chi connectivity index (χ0n) is 13.5. The van der Waals surface area contributed by atoms with Crippen LogP contribution in [0.1, 0.15) is 45.7 Å². The summed E-state index contributed by atoms with van der Waals surface area (Å²) in [5.41, 5.74) is 2.45. The second-order valence-electron chi connectivity index (χ2n) is 6.63. The predicted octanol–water partition coefficient (Wildman–Crippen LogP) is 3.97. The van der Waals surface area contributed by atoms with E-state index in [-0.39, 0.29) is 0 Å². The Kier molecular flexibility index (Phi) is 4.29. The first-order valence-electron chi connectivity index (χ1n) is 8.36. The minimum Gasteiger partial charge on any atom is -0.308 e. The molecule has 21 heavy (non-hydrogen) atoms. The molecule has 0 amide bonds. The van der Waals surface area contributed by atoms with E-state index in [0.717, 1.165) is 24.9 Å². The SMILES string of the molecule is CCn1nc(CNC2CCC(C)C(C)C2)c2ccccc21. The molecule has 0 bridgehead atoms. The molecule has 0 spiro atoms. The Morgan fingerprint density at radius 2 is 2.00 bits per heavy atom. The summed E-state index contributed by atoms with van der Waals surface area (Å²) in [6.07, 6.45) is 3.95. The zero-order valence-corrected chi connectivity index (χ0v) is 13.5. The van der Waals surface area contributed by atoms with Crippen LogP contribution in [0.25, 0.3) is 10.9 Å². The smallest absolute Gasteiger partial charge is 0.0841 e. The fourth-order valence-corrected chi connectivity index (χ4v) is 3.54. The normalized spacial score (nSPS) is 26.3. The molecule has 1 aromatic heterocycles. The molecule has 1 aliphatic carbocycles. The summed E-state index contributed by atoms with van der Waals surface area (Å²) >= 11 is 0. The third-order valence-corrected chi connectivity index (χ3v) is 5.19. The Hall–Kier alpha value is -1.35. The van der Waals surface area contributed by atoms with Crippen molar-refractivity contribution in [3.8, 4) is 0 Å². The van der Waals surface area contributed by atoms with Crippen LogP contribution >= 0.6 is 0 Å². The average Bonchev–Trinajstić information content (AvgIpc) is 2.87. The number of nitrogens with one attached hydrogen (secondary N) is 1. The van der Waals surface area contributed by atoms with Crippen molar-refractivity contribution < 1.29 is 0 Å². The number of hydrogen-bond acceptors (Lipinski definition) is 2. The van der Waals surface area contributed by atoms with Crippen molar-refractivity contribution in [3.05, 3.63) is 30.0 Å². The Morgan fingerprint density at radius 3 is 2.76 bits per heavy atom. The lowest BCUT2D eigenvalue weighted by atomic mass is 9.79. The van der Waals surface area contributed by atoms with E-state index < -0.39 is 0 Å². The molecule has 1 N–H and O–H groups in total. The van der Waals surface area contributed by atoms with Gasteiger partial charge in [-0.15, -0.1) is 0 Å². The minimum absolute atomic E-state index is 0.654. The molecule has 0 radical (unpaired) electrons. The van der Waals surface area contributed by atoms with Gasteiger partial charge in [-0.2, -0.15) is 5.10 Å². The topological polar surface area (TPSA) is 29.9 Å². The van der Waals surface area contributed by atoms with Gasteiger partial charge in [0.15, 0.2) is 0 Å². The van der Waals surface area contributed by atoms with E-state index in [1.165, 1.54) is 35.9 Å². The highest BCUT2D eigenvalue weighted by atomic mass is 15.3. The van der Waals surface area contributed by atoms with Gasteiger partial charge >= 0.3 is 0 Å². The molecule has 3 atom stereocenters. The fraction of sp³-hybridized carbons (Fsp3) is 0.611. The van der Waals surface area contributed by atoms with Gasteiger partial charge in [-0.05, 0) is 44.1 Å². The van der Waals surface area contributed by atoms with Crippen molar-refractivity contribution in [1.29, 1.82) is 0 Å². The van der Waals surface area contributed by atoms with Crippen molar-refractivity contribution in [2.24, 2.45) is 11.8 Å². The van der Waals surface area contributed by atoms with Gasteiger partial charge in [-0.25, -0.2) is 0 Å². The average molecular weight is 285 g/mol. The van der Waals surface area contributed by atoms with E-state index in [4.69, 9.17) is 5.10 Å². The van der Waals surface area contributed by atoms with Gasteiger partial charge in [0.2, 0.25) is 0 Å². The molecule has 0 aliphatic heterocycles. The van der Waals surface area contributed by atoms with Crippen LogP contribution in [0.2, 0.25) is 0 Å². The van der Waals surface area contributed by atoms with Gasteiger partial charge < -0.3 is 5.32 Å². The molecule has 3 heteroatoms. The summed E-state index contributed by atoms with van der Waals surface area (Å²) in [7, 11) is 0. The van der Waals surface area contributed by atoms with Gasteiger partial charge in [-0.1, -0.05) is 32.0 Å². The highest BCUT2D eigenvalue weighted by molar-refractivity contribution is 5.81. The van der Waals surface area contributed by atoms with Crippen LogP contribution in [0.5, 0.6) is 0 Å². The quantitative estimate of drug-likeness (QED) is 0.921. The monoisotopic (exact) mass is 285 g/mol. The van der Waals surface area contributed by atoms with Crippen LogP contribution in [-0.2, 0) is 13.1 Å². The van der Waals surface area contributed by atoms with Crippen molar-refractivity contribution in [2.75, 3.05) is 0 Å². The third-order valence-electron chi connectivity index (χ3n) is 5.19. The van der Waals surface area contributed by atoms with E-state index in [9.17, 15) is 0 Å². The van der Waals surface area contributed by atoms with Gasteiger partial charge in [0.05, 0.1) is 11.2 Å². The van der Waals surface area contributed by atoms with E-state index in [1.807, 2.05) is 0 Å². The standard InChI is InChI=1S/C18H27N3/c1-4-21-18-8-6-5-7-16(18)17(20-21)12-19-15-10-9-13(2)14(3)11-15/h5-8,13-15,19H,4,9-12H2,1-3H3. The molecule has 1 heterocycles. The lowest BCUT2D eigenvalue weighted by Gasteiger charge is -2.32. The Labute approximate surface area is 127 Å². The second-order valence-corrected chi connectivity index (χ2v) is 6.63. The largest absolute Gasteiger partial charge is 0.308 e. The number of aromatic nitrogens is 2. The number of nitrogens with zero attached hydrogens (tertiary/aromatic N) is 2. The van der Waals surface area contributed by atoms with Gasteiger partial charge in [0, 0.05) is 24.5 Å². The van der Waals surface area contributed by atoms with Crippen molar-refractivity contribution in [1.82, 2.24) is 15.1 Å². The van der Waals surface area contributed by atoms with E-state index in [1.54, 1.807) is 0 Å². The van der Waals surface area contributed by atoms with E-state index >= 15 is 0 Å². The molecule has 1 aromatic carbocycles. The maximum absolute atomic E-state index is 4.78. The molecule has 3 nitrogen and oxygen atoms in total. The van der Waals surface area contributed by atoms with E-state index in [2.05, 4.69) is 55.0 Å². The molecule has 2 aromatic rings. The summed E-state index contributed by atoms with van der Waals surface area (Å²) < 4.78 is 2.11. The van der Waals surface area contributed by atoms with Crippen LogP contribution < -0.4 is 5.32 Å². The van der Waals surface area contributed by atoms with E-state index in [0.29, 0.717) is 6.04 Å². The molecule has 0 saturated heterocycles. The fourth-order valence-electron chi connectivity index (χ4n) is 3.54. The summed E-state index contributed by atoms with van der Waals surface area (Å²) in [6, 6.07) is 9.22. The van der Waals surface area contributed by atoms with Crippen LogP contribution in [-0.4, -0.2) is 15.8 Å². The molecule has 114 valence electrons. The molecule has 1 aliphatic rings. The van der Waals surface area contributed by atoms with Crippen LogP contribution in [0.4, 0.5) is 0 Å². The third kappa shape index (κ3) is 2.98. The maximum atomic E-state index is 4.78. The molecule has 3 rings (SSSR count). The molecular weight excluding hydrogens is 258 g/mol. The first-order valence-corrected chi connectivity index (χ1v) is 8.36. The predicted molar refractivity (Wildman–Crippen MR) is 88.2 cm³/mol. The van der Waals surface area contributed by atoms with Crippen LogP contribution in [0.3, 0.4) is 0 Å². The summed E-state index contributed by atoms with van der Waals surface area (Å²) in [6.45, 7) is 8.75. The Morgan fingerprint density at radius 1 is 1.19 bits per heavy atom. The maximum Gasteiger partial charge on any atom is 0.0841 e. The van der Waals surface area contributed by atoms with Crippen molar-refractivity contribution >= 4 is 10.9 Å². The molecular formula is C18H27N3. The highest BCUT2D eigenvalue weighted by Crippen LogP contribution is 2.29. The lowest BCUT2D eigenvalue weighted by Crippen LogP contribution is -2.35. The van der Waals surface area contributed by atoms with Crippen LogP contribution in [0, 0.1) is 11.8 Å². The summed E-state index contributed by atoms with van der Waals surface area (Å²) in [5.74, 6) is 1.71. The molecule has 1 saturated carbocycles. The zero-order chi connectivity index (χ0) is 14.8. The Balaban J connectivity index is 1.71. The summed E-state index contributed by atoms with van der Waals surface area (Å²) in [5, 5.41) is 9.82. The van der Waals surface area contributed by atoms with Gasteiger partial charge in [-0.3, -0.25) is 4.68 Å². The Bertz CT molecular complexity index is 602. The second kappa shape index (κ2) is 6.18. The number of aryl methyl sites for hydroxylation is 1. The van der Waals surface area contributed by atoms with Crippen molar-refractivity contribution in [2.45, 2.75) is 59.2 Å². The number of para-hydroxylation sites is 1. The minimum atomic E-state index is 0.654. The van der Waals surface area contributed by atoms with Crippen LogP contribution in [0.15, 0.2) is 24.3 Å². The number of rotatable bonds is 4. The number of fused-ring (bicyclic) bond motifs is 1. The number of hydrogen-bond donors (Lipinski definition) is 1. The van der Waals surface area contributed by atoms with Gasteiger partial charge in [0.1, 0.15) is 0 Å². The first kappa shape index (κ1) is 14.6. The highest BCUT2D eigenvalue weighted by Gasteiger charge is 2.24.